The zero-order valence-corrected chi connectivity index (χ0v) is 11.6. The van der Waals surface area contributed by atoms with Gasteiger partial charge < -0.3 is 5.32 Å². The molecule has 1 aliphatic carbocycles. The van der Waals surface area contributed by atoms with E-state index in [9.17, 15) is 0 Å². The molecule has 0 aliphatic heterocycles. The molecule has 0 saturated heterocycles. The van der Waals surface area contributed by atoms with Crippen molar-refractivity contribution >= 4 is 11.6 Å². The summed E-state index contributed by atoms with van der Waals surface area (Å²) >= 11 is 5.96. The predicted molar refractivity (Wildman–Crippen MR) is 74.4 cm³/mol. The average Bonchev–Trinajstić information content (AvgIpc) is 2.30. The normalized spacial score (nSPS) is 24.9. The average molecular weight is 252 g/mol. The van der Waals surface area contributed by atoms with Crippen LogP contribution in [0.1, 0.15) is 43.7 Å². The molecule has 1 N–H and O–H groups in total. The van der Waals surface area contributed by atoms with Gasteiger partial charge in [-0.2, -0.15) is 0 Å². The van der Waals surface area contributed by atoms with Crippen molar-refractivity contribution in [3.63, 3.8) is 0 Å². The van der Waals surface area contributed by atoms with Crippen LogP contribution in [0.2, 0.25) is 5.02 Å². The number of halogens is 1. The van der Waals surface area contributed by atoms with Crippen LogP contribution in [-0.4, -0.2) is 6.04 Å². The van der Waals surface area contributed by atoms with Crippen LogP contribution in [0.15, 0.2) is 18.2 Å². The van der Waals surface area contributed by atoms with Gasteiger partial charge in [0, 0.05) is 17.6 Å². The number of rotatable bonds is 3. The van der Waals surface area contributed by atoms with Crippen molar-refractivity contribution in [2.24, 2.45) is 5.92 Å². The van der Waals surface area contributed by atoms with Crippen LogP contribution in [0.25, 0.3) is 0 Å². The van der Waals surface area contributed by atoms with Gasteiger partial charge in [0.1, 0.15) is 0 Å². The highest BCUT2D eigenvalue weighted by molar-refractivity contribution is 6.30. The van der Waals surface area contributed by atoms with Gasteiger partial charge in [0.15, 0.2) is 0 Å². The van der Waals surface area contributed by atoms with Crippen molar-refractivity contribution < 1.29 is 0 Å². The third kappa shape index (κ3) is 3.72. The Labute approximate surface area is 110 Å². The molecule has 0 unspecified atom stereocenters. The quantitative estimate of drug-likeness (QED) is 0.844. The number of aryl methyl sites for hydroxylation is 1. The topological polar surface area (TPSA) is 12.0 Å². The third-order valence-corrected chi connectivity index (χ3v) is 4.14. The van der Waals surface area contributed by atoms with Gasteiger partial charge >= 0.3 is 0 Å². The van der Waals surface area contributed by atoms with E-state index in [1.165, 1.54) is 36.8 Å². The first-order valence-corrected chi connectivity index (χ1v) is 7.01. The van der Waals surface area contributed by atoms with Gasteiger partial charge in [-0.3, -0.25) is 0 Å². The first-order chi connectivity index (χ1) is 8.15. The second kappa shape index (κ2) is 5.88. The molecular weight excluding hydrogens is 230 g/mol. The van der Waals surface area contributed by atoms with Crippen molar-refractivity contribution in [3.8, 4) is 0 Å². The molecule has 1 nitrogen and oxygen atoms in total. The fourth-order valence-electron chi connectivity index (χ4n) is 2.58. The standard InChI is InChI=1S/C15H22ClN/c1-11-3-7-15(8-4-11)17-10-13-5-6-14(16)9-12(13)2/h5-6,9,11,15,17H,3-4,7-8,10H2,1-2H3. The number of hydrogen-bond acceptors (Lipinski definition) is 1. The summed E-state index contributed by atoms with van der Waals surface area (Å²) in [5, 5.41) is 4.51. The first kappa shape index (κ1) is 12.9. The summed E-state index contributed by atoms with van der Waals surface area (Å²) in [7, 11) is 0. The Bertz CT molecular complexity index is 367. The van der Waals surface area contributed by atoms with Crippen LogP contribution in [0.4, 0.5) is 0 Å². The molecule has 94 valence electrons. The molecule has 0 atom stereocenters. The summed E-state index contributed by atoms with van der Waals surface area (Å²) in [4.78, 5) is 0. The number of benzene rings is 1. The van der Waals surface area contributed by atoms with Gasteiger partial charge in [-0.25, -0.2) is 0 Å². The fraction of sp³-hybridized carbons (Fsp3) is 0.600. The molecule has 0 bridgehead atoms. The third-order valence-electron chi connectivity index (χ3n) is 3.90. The molecule has 2 heteroatoms. The van der Waals surface area contributed by atoms with Gasteiger partial charge in [0.2, 0.25) is 0 Å². The molecule has 0 aromatic heterocycles. The first-order valence-electron chi connectivity index (χ1n) is 6.63. The molecule has 0 radical (unpaired) electrons. The molecule has 1 aromatic rings. The minimum atomic E-state index is 0.710. The lowest BCUT2D eigenvalue weighted by molar-refractivity contribution is 0.306. The predicted octanol–water partition coefficient (Wildman–Crippen LogP) is 4.32. The van der Waals surface area contributed by atoms with E-state index >= 15 is 0 Å². The molecule has 2 rings (SSSR count). The Hall–Kier alpha value is -0.530. The van der Waals surface area contributed by atoms with E-state index in [1.54, 1.807) is 0 Å². The van der Waals surface area contributed by atoms with E-state index in [4.69, 9.17) is 11.6 Å². The Morgan fingerprint density at radius 3 is 2.59 bits per heavy atom. The highest BCUT2D eigenvalue weighted by Gasteiger charge is 2.17. The zero-order valence-electron chi connectivity index (χ0n) is 10.8. The van der Waals surface area contributed by atoms with Crippen LogP contribution >= 0.6 is 11.6 Å². The summed E-state index contributed by atoms with van der Waals surface area (Å²) in [6.45, 7) is 5.47. The SMILES string of the molecule is Cc1cc(Cl)ccc1CNC1CCC(C)CC1. The largest absolute Gasteiger partial charge is 0.310 e. The second-order valence-corrected chi connectivity index (χ2v) is 5.84. The van der Waals surface area contributed by atoms with Crippen molar-refractivity contribution in [2.75, 3.05) is 0 Å². The summed E-state index contributed by atoms with van der Waals surface area (Å²) in [5.41, 5.74) is 2.65. The number of nitrogens with one attached hydrogen (secondary N) is 1. The lowest BCUT2D eigenvalue weighted by atomic mass is 9.87. The zero-order chi connectivity index (χ0) is 12.3. The van der Waals surface area contributed by atoms with Crippen LogP contribution < -0.4 is 5.32 Å². The van der Waals surface area contributed by atoms with E-state index in [2.05, 4.69) is 25.2 Å². The van der Waals surface area contributed by atoms with E-state index in [0.29, 0.717) is 6.04 Å². The molecule has 1 aliphatic rings. The van der Waals surface area contributed by atoms with Crippen molar-refractivity contribution in [1.29, 1.82) is 0 Å². The lowest BCUT2D eigenvalue weighted by Gasteiger charge is -2.27. The Morgan fingerprint density at radius 1 is 1.24 bits per heavy atom. The minimum absolute atomic E-state index is 0.710. The molecule has 0 heterocycles. The molecule has 1 saturated carbocycles. The maximum atomic E-state index is 5.96. The van der Waals surface area contributed by atoms with Crippen molar-refractivity contribution in [2.45, 2.75) is 52.1 Å². The summed E-state index contributed by atoms with van der Waals surface area (Å²) < 4.78 is 0. The second-order valence-electron chi connectivity index (χ2n) is 5.41. The van der Waals surface area contributed by atoms with Crippen molar-refractivity contribution in [1.82, 2.24) is 5.32 Å². The minimum Gasteiger partial charge on any atom is -0.310 e. The van der Waals surface area contributed by atoms with Crippen LogP contribution in [0.3, 0.4) is 0 Å². The summed E-state index contributed by atoms with van der Waals surface area (Å²) in [6.07, 6.45) is 5.40. The fourth-order valence-corrected chi connectivity index (χ4v) is 2.80. The molecule has 0 amide bonds. The van der Waals surface area contributed by atoms with Gasteiger partial charge in [0.25, 0.3) is 0 Å². The maximum absolute atomic E-state index is 5.96. The van der Waals surface area contributed by atoms with Gasteiger partial charge in [-0.15, -0.1) is 0 Å². The monoisotopic (exact) mass is 251 g/mol. The summed E-state index contributed by atoms with van der Waals surface area (Å²) in [5.74, 6) is 0.922. The van der Waals surface area contributed by atoms with Gasteiger partial charge in [-0.1, -0.05) is 24.6 Å². The van der Waals surface area contributed by atoms with Crippen LogP contribution in [0, 0.1) is 12.8 Å². The Morgan fingerprint density at radius 2 is 1.94 bits per heavy atom. The van der Waals surface area contributed by atoms with E-state index in [1.807, 2.05) is 12.1 Å². The van der Waals surface area contributed by atoms with E-state index in [-0.39, 0.29) is 0 Å². The van der Waals surface area contributed by atoms with Gasteiger partial charge in [-0.05, 0) is 61.8 Å². The van der Waals surface area contributed by atoms with Crippen molar-refractivity contribution in [3.05, 3.63) is 34.3 Å². The molecule has 1 fully saturated rings. The highest BCUT2D eigenvalue weighted by atomic mass is 35.5. The number of hydrogen-bond donors (Lipinski definition) is 1. The summed E-state index contributed by atoms with van der Waals surface area (Å²) in [6, 6.07) is 6.87. The molecular formula is C15H22ClN. The Kier molecular flexibility index (Phi) is 4.47. The molecule has 17 heavy (non-hydrogen) atoms. The van der Waals surface area contributed by atoms with Crippen LogP contribution in [-0.2, 0) is 6.54 Å². The highest BCUT2D eigenvalue weighted by Crippen LogP contribution is 2.24. The maximum Gasteiger partial charge on any atom is 0.0408 e. The van der Waals surface area contributed by atoms with E-state index in [0.717, 1.165) is 17.5 Å². The lowest BCUT2D eigenvalue weighted by Crippen LogP contribution is -2.32. The Balaban J connectivity index is 1.85. The molecule has 0 spiro atoms. The smallest absolute Gasteiger partial charge is 0.0408 e. The van der Waals surface area contributed by atoms with Crippen LogP contribution in [0.5, 0.6) is 0 Å². The van der Waals surface area contributed by atoms with Gasteiger partial charge in [0.05, 0.1) is 0 Å². The molecule has 1 aromatic carbocycles. The van der Waals surface area contributed by atoms with E-state index < -0.39 is 0 Å².